The molecule has 4 amide bonds. The van der Waals surface area contributed by atoms with E-state index in [2.05, 4.69) is 5.32 Å². The maximum Gasteiger partial charge on any atom is 0.327 e. The number of fused-ring (bicyclic) bond motifs is 2. The summed E-state index contributed by atoms with van der Waals surface area (Å²) < 4.78 is 0. The Morgan fingerprint density at radius 3 is 2.67 bits per heavy atom. The Balaban J connectivity index is 1.63. The lowest BCUT2D eigenvalue weighted by Crippen LogP contribution is -2.40. The largest absolute Gasteiger partial charge is 0.356 e. The van der Waals surface area contributed by atoms with Gasteiger partial charge in [0.1, 0.15) is 6.04 Å². The summed E-state index contributed by atoms with van der Waals surface area (Å²) in [6.07, 6.45) is 0.703. The van der Waals surface area contributed by atoms with Crippen LogP contribution in [0.15, 0.2) is 24.3 Å². The van der Waals surface area contributed by atoms with Gasteiger partial charge in [-0.15, -0.1) is 0 Å². The highest BCUT2D eigenvalue weighted by molar-refractivity contribution is 6.04. The molecule has 0 bridgehead atoms. The number of nitrogens with one attached hydrogen (secondary N) is 1. The molecule has 1 unspecified atom stereocenters. The van der Waals surface area contributed by atoms with E-state index in [-0.39, 0.29) is 30.8 Å². The molecule has 0 saturated carbocycles. The van der Waals surface area contributed by atoms with E-state index >= 15 is 0 Å². The summed E-state index contributed by atoms with van der Waals surface area (Å²) >= 11 is 0. The maximum atomic E-state index is 12.6. The van der Waals surface area contributed by atoms with Crippen molar-refractivity contribution in [2.45, 2.75) is 39.3 Å². The molecule has 2 aliphatic heterocycles. The molecule has 1 fully saturated rings. The number of imide groups is 1. The molecule has 2 heterocycles. The third kappa shape index (κ3) is 3.13. The van der Waals surface area contributed by atoms with Crippen LogP contribution in [0.2, 0.25) is 0 Å². The van der Waals surface area contributed by atoms with Crippen molar-refractivity contribution in [3.63, 3.8) is 0 Å². The van der Waals surface area contributed by atoms with Crippen LogP contribution < -0.4 is 5.32 Å². The molecule has 6 heteroatoms. The molecule has 1 atom stereocenters. The number of urea groups is 1. The van der Waals surface area contributed by atoms with E-state index in [1.54, 1.807) is 4.90 Å². The van der Waals surface area contributed by atoms with Crippen molar-refractivity contribution in [2.24, 2.45) is 5.92 Å². The molecule has 1 aromatic carbocycles. The van der Waals surface area contributed by atoms with Crippen LogP contribution in [0, 0.1) is 5.92 Å². The second-order valence-electron chi connectivity index (χ2n) is 6.84. The lowest BCUT2D eigenvalue weighted by Gasteiger charge is -2.28. The lowest BCUT2D eigenvalue weighted by atomic mass is 9.95. The Morgan fingerprint density at radius 1 is 1.25 bits per heavy atom. The predicted octanol–water partition coefficient (Wildman–Crippen LogP) is 1.54. The monoisotopic (exact) mass is 329 g/mol. The molecule has 1 saturated heterocycles. The average Bonchev–Trinajstić information content (AvgIpc) is 2.80. The van der Waals surface area contributed by atoms with Crippen LogP contribution >= 0.6 is 0 Å². The Hall–Kier alpha value is -2.37. The topological polar surface area (TPSA) is 69.7 Å². The molecule has 6 nitrogen and oxygen atoms in total. The van der Waals surface area contributed by atoms with Gasteiger partial charge in [0, 0.05) is 32.5 Å². The summed E-state index contributed by atoms with van der Waals surface area (Å²) in [5.41, 5.74) is 2.21. The van der Waals surface area contributed by atoms with Crippen molar-refractivity contribution >= 4 is 17.8 Å². The number of carbonyl (C=O) groups is 3. The molecule has 128 valence electrons. The van der Waals surface area contributed by atoms with E-state index in [1.165, 1.54) is 4.90 Å². The normalized spacial score (nSPS) is 19.5. The molecular formula is C18H23N3O3. The van der Waals surface area contributed by atoms with Crippen molar-refractivity contribution < 1.29 is 14.4 Å². The predicted molar refractivity (Wildman–Crippen MR) is 89.1 cm³/mol. The summed E-state index contributed by atoms with van der Waals surface area (Å²) in [7, 11) is 0. The zero-order valence-corrected chi connectivity index (χ0v) is 14.1. The number of benzene rings is 1. The van der Waals surface area contributed by atoms with Gasteiger partial charge in [-0.1, -0.05) is 38.1 Å². The number of hydrogen-bond acceptors (Lipinski definition) is 3. The highest BCUT2D eigenvalue weighted by Gasteiger charge is 2.46. The summed E-state index contributed by atoms with van der Waals surface area (Å²) in [5.74, 6) is 0.0557. The van der Waals surface area contributed by atoms with Crippen LogP contribution in [0.4, 0.5) is 4.79 Å². The van der Waals surface area contributed by atoms with Crippen molar-refractivity contribution in [3.05, 3.63) is 35.4 Å². The van der Waals surface area contributed by atoms with E-state index in [1.807, 2.05) is 38.1 Å². The summed E-state index contributed by atoms with van der Waals surface area (Å²) in [6, 6.07) is 7.19. The molecule has 1 aromatic rings. The van der Waals surface area contributed by atoms with Crippen LogP contribution in [0.25, 0.3) is 0 Å². The number of carbonyl (C=O) groups excluding carboxylic acids is 3. The Labute approximate surface area is 141 Å². The fourth-order valence-electron chi connectivity index (χ4n) is 3.20. The van der Waals surface area contributed by atoms with E-state index in [4.69, 9.17) is 0 Å². The van der Waals surface area contributed by atoms with Gasteiger partial charge in [-0.3, -0.25) is 14.5 Å². The van der Waals surface area contributed by atoms with Gasteiger partial charge in [0.15, 0.2) is 0 Å². The second-order valence-corrected chi connectivity index (χ2v) is 6.84. The third-order valence-electron chi connectivity index (χ3n) is 4.55. The molecule has 2 aliphatic rings. The Bertz CT molecular complexity index is 628. The van der Waals surface area contributed by atoms with E-state index in [0.29, 0.717) is 25.4 Å². The Kier molecular flexibility index (Phi) is 4.55. The molecule has 0 aromatic heterocycles. The van der Waals surface area contributed by atoms with Gasteiger partial charge in [0.2, 0.25) is 5.91 Å². The van der Waals surface area contributed by atoms with Gasteiger partial charge < -0.3 is 10.2 Å². The average molecular weight is 329 g/mol. The number of amides is 4. The maximum absolute atomic E-state index is 12.6. The molecule has 24 heavy (non-hydrogen) atoms. The van der Waals surface area contributed by atoms with E-state index in [9.17, 15) is 14.4 Å². The molecule has 0 spiro atoms. The van der Waals surface area contributed by atoms with Gasteiger partial charge in [0.05, 0.1) is 0 Å². The fraction of sp³-hybridized carbons (Fsp3) is 0.500. The lowest BCUT2D eigenvalue weighted by molar-refractivity contribution is -0.129. The standard InChI is InChI=1S/C18H23N3O3/c1-12(2)10-19-16(22)7-8-20-17(23)15-9-13-5-3-4-6-14(13)11-21(15)18(20)24/h3-6,12,15H,7-11H2,1-2H3,(H,19,22). The zero-order valence-electron chi connectivity index (χ0n) is 14.1. The molecular weight excluding hydrogens is 306 g/mol. The summed E-state index contributed by atoms with van der Waals surface area (Å²) in [6.45, 7) is 5.24. The van der Waals surface area contributed by atoms with Gasteiger partial charge in [-0.25, -0.2) is 4.79 Å². The van der Waals surface area contributed by atoms with Crippen molar-refractivity contribution in [3.8, 4) is 0 Å². The Morgan fingerprint density at radius 2 is 1.96 bits per heavy atom. The van der Waals surface area contributed by atoms with E-state index in [0.717, 1.165) is 11.1 Å². The van der Waals surface area contributed by atoms with Gasteiger partial charge >= 0.3 is 6.03 Å². The molecule has 1 N–H and O–H groups in total. The van der Waals surface area contributed by atoms with Crippen LogP contribution in [0.1, 0.15) is 31.4 Å². The minimum absolute atomic E-state index is 0.127. The fourth-order valence-corrected chi connectivity index (χ4v) is 3.20. The van der Waals surface area contributed by atoms with Crippen molar-refractivity contribution in [2.75, 3.05) is 13.1 Å². The van der Waals surface area contributed by atoms with Crippen LogP contribution in [-0.4, -0.2) is 46.8 Å². The van der Waals surface area contributed by atoms with Crippen LogP contribution in [0.5, 0.6) is 0 Å². The number of rotatable bonds is 5. The van der Waals surface area contributed by atoms with Gasteiger partial charge in [-0.05, 0) is 17.0 Å². The first kappa shape index (κ1) is 16.5. The molecule has 3 rings (SSSR count). The third-order valence-corrected chi connectivity index (χ3v) is 4.55. The minimum Gasteiger partial charge on any atom is -0.356 e. The van der Waals surface area contributed by atoms with Crippen LogP contribution in [-0.2, 0) is 22.6 Å². The summed E-state index contributed by atoms with van der Waals surface area (Å²) in [4.78, 5) is 39.8. The zero-order chi connectivity index (χ0) is 17.3. The van der Waals surface area contributed by atoms with Crippen LogP contribution in [0.3, 0.4) is 0 Å². The molecule has 0 aliphatic carbocycles. The number of hydrogen-bond donors (Lipinski definition) is 1. The smallest absolute Gasteiger partial charge is 0.327 e. The van der Waals surface area contributed by atoms with Crippen molar-refractivity contribution in [1.29, 1.82) is 0 Å². The first-order chi connectivity index (χ1) is 11.5. The summed E-state index contributed by atoms with van der Waals surface area (Å²) in [5, 5.41) is 2.81. The van der Waals surface area contributed by atoms with Gasteiger partial charge in [-0.2, -0.15) is 0 Å². The second kappa shape index (κ2) is 6.63. The SMILES string of the molecule is CC(C)CNC(=O)CCN1C(=O)C2Cc3ccccc3CN2C1=O. The quantitative estimate of drug-likeness (QED) is 0.833. The first-order valence-corrected chi connectivity index (χ1v) is 8.43. The van der Waals surface area contributed by atoms with E-state index < -0.39 is 6.04 Å². The highest BCUT2D eigenvalue weighted by atomic mass is 16.2. The first-order valence-electron chi connectivity index (χ1n) is 8.43. The van der Waals surface area contributed by atoms with Crippen molar-refractivity contribution in [1.82, 2.24) is 15.1 Å². The molecule has 0 radical (unpaired) electrons. The number of nitrogens with zero attached hydrogens (tertiary/aromatic N) is 2. The minimum atomic E-state index is -0.425. The van der Waals surface area contributed by atoms with Gasteiger partial charge in [0.25, 0.3) is 5.91 Å². The highest BCUT2D eigenvalue weighted by Crippen LogP contribution is 2.29.